The van der Waals surface area contributed by atoms with E-state index in [0.29, 0.717) is 24.0 Å². The van der Waals surface area contributed by atoms with Crippen molar-refractivity contribution in [2.75, 3.05) is 26.2 Å². The van der Waals surface area contributed by atoms with Gasteiger partial charge in [-0.1, -0.05) is 34.1 Å². The van der Waals surface area contributed by atoms with Crippen LogP contribution >= 0.6 is 0 Å². The maximum atomic E-state index is 9.93. The van der Waals surface area contributed by atoms with E-state index in [1.807, 2.05) is 0 Å². The molecule has 1 aliphatic carbocycles. The molecule has 0 aromatic rings. The highest BCUT2D eigenvalue weighted by Crippen LogP contribution is 2.39. The number of hydrogen-bond acceptors (Lipinski definition) is 3. The van der Waals surface area contributed by atoms with Gasteiger partial charge in [-0.2, -0.15) is 0 Å². The van der Waals surface area contributed by atoms with Gasteiger partial charge in [0.15, 0.2) is 0 Å². The number of hydrogen-bond donors (Lipinski definition) is 2. The fraction of sp³-hybridized carbons (Fsp3) is 1.00. The summed E-state index contributed by atoms with van der Waals surface area (Å²) >= 11 is 0. The van der Waals surface area contributed by atoms with E-state index in [2.05, 4.69) is 37.9 Å². The molecular weight excluding hydrogens is 248 g/mol. The molecule has 2 atom stereocenters. The lowest BCUT2D eigenvalue weighted by molar-refractivity contribution is 0.104. The maximum absolute atomic E-state index is 9.93. The molecule has 3 heteroatoms. The number of nitrogens with zero attached hydrogens (tertiary/aromatic N) is 1. The first-order chi connectivity index (χ1) is 9.37. The van der Waals surface area contributed by atoms with Crippen molar-refractivity contribution in [1.82, 2.24) is 10.2 Å². The first kappa shape index (κ1) is 16.3. The second kappa shape index (κ2) is 6.33. The van der Waals surface area contributed by atoms with Crippen LogP contribution in [0.1, 0.15) is 59.8 Å². The van der Waals surface area contributed by atoms with Gasteiger partial charge in [-0.15, -0.1) is 0 Å². The van der Waals surface area contributed by atoms with Gasteiger partial charge < -0.3 is 15.3 Å². The van der Waals surface area contributed by atoms with Gasteiger partial charge in [-0.05, 0) is 50.1 Å². The highest BCUT2D eigenvalue weighted by molar-refractivity contribution is 5.00. The predicted octanol–water partition coefficient (Wildman–Crippen LogP) is 2.64. The average molecular weight is 282 g/mol. The van der Waals surface area contributed by atoms with Crippen LogP contribution in [0.2, 0.25) is 0 Å². The Balaban J connectivity index is 1.88. The third kappa shape index (κ3) is 3.75. The summed E-state index contributed by atoms with van der Waals surface area (Å²) in [4.78, 5) is 2.62. The van der Waals surface area contributed by atoms with Crippen molar-refractivity contribution in [1.29, 1.82) is 0 Å². The molecular formula is C17H34N2O. The van der Waals surface area contributed by atoms with E-state index < -0.39 is 0 Å². The van der Waals surface area contributed by atoms with Crippen LogP contribution in [-0.2, 0) is 0 Å². The minimum atomic E-state index is -0.0105. The average Bonchev–Trinajstić information content (AvgIpc) is 2.90. The van der Waals surface area contributed by atoms with Crippen molar-refractivity contribution in [2.45, 2.75) is 71.4 Å². The van der Waals surface area contributed by atoms with Gasteiger partial charge in [0.25, 0.3) is 0 Å². The van der Waals surface area contributed by atoms with Crippen molar-refractivity contribution in [3.05, 3.63) is 0 Å². The molecule has 0 amide bonds. The Bertz CT molecular complexity index is 316. The van der Waals surface area contributed by atoms with Gasteiger partial charge in [0.2, 0.25) is 0 Å². The van der Waals surface area contributed by atoms with Crippen LogP contribution in [0.4, 0.5) is 0 Å². The smallest absolute Gasteiger partial charge is 0.0616 e. The summed E-state index contributed by atoms with van der Waals surface area (Å²) in [5.74, 6) is 0.638. The van der Waals surface area contributed by atoms with Gasteiger partial charge in [-0.25, -0.2) is 0 Å². The molecule has 2 N–H and O–H groups in total. The van der Waals surface area contributed by atoms with E-state index >= 15 is 0 Å². The number of rotatable bonds is 6. The number of aliphatic hydroxyl groups excluding tert-OH is 1. The molecule has 1 aliphatic heterocycles. The Kier molecular flexibility index (Phi) is 5.14. The predicted molar refractivity (Wildman–Crippen MR) is 84.9 cm³/mol. The molecule has 0 aromatic carbocycles. The van der Waals surface area contributed by atoms with E-state index in [0.717, 1.165) is 6.42 Å². The summed E-state index contributed by atoms with van der Waals surface area (Å²) in [6.45, 7) is 13.1. The van der Waals surface area contributed by atoms with Gasteiger partial charge in [0.05, 0.1) is 6.61 Å². The van der Waals surface area contributed by atoms with Crippen molar-refractivity contribution >= 4 is 0 Å². The molecule has 0 radical (unpaired) electrons. The molecule has 3 nitrogen and oxygen atoms in total. The molecule has 1 saturated carbocycles. The zero-order chi connectivity index (χ0) is 14.8. The summed E-state index contributed by atoms with van der Waals surface area (Å²) < 4.78 is 0. The SMILES string of the molecule is CC(C)NC1(CO)CCCC1CCN1CCC(C)(C)C1. The van der Waals surface area contributed by atoms with E-state index in [-0.39, 0.29) is 5.54 Å². The van der Waals surface area contributed by atoms with Crippen LogP contribution in [0.5, 0.6) is 0 Å². The van der Waals surface area contributed by atoms with Gasteiger partial charge >= 0.3 is 0 Å². The summed E-state index contributed by atoms with van der Waals surface area (Å²) in [6.07, 6.45) is 6.23. The van der Waals surface area contributed by atoms with Gasteiger partial charge in [-0.3, -0.25) is 0 Å². The quantitative estimate of drug-likeness (QED) is 0.786. The topological polar surface area (TPSA) is 35.5 Å². The zero-order valence-electron chi connectivity index (χ0n) is 13.9. The molecule has 2 rings (SSSR count). The van der Waals surface area contributed by atoms with Crippen molar-refractivity contribution < 1.29 is 5.11 Å². The molecule has 0 spiro atoms. The fourth-order valence-electron chi connectivity index (χ4n) is 4.34. The van der Waals surface area contributed by atoms with Gasteiger partial charge in [0, 0.05) is 18.1 Å². The first-order valence-corrected chi connectivity index (χ1v) is 8.48. The first-order valence-electron chi connectivity index (χ1n) is 8.48. The standard InChI is InChI=1S/C17H34N2O/c1-14(2)18-17(13-20)8-5-6-15(17)7-10-19-11-9-16(3,4)12-19/h14-15,18,20H,5-13H2,1-4H3. The number of aliphatic hydroxyl groups is 1. The molecule has 1 heterocycles. The van der Waals surface area contributed by atoms with Crippen LogP contribution < -0.4 is 5.32 Å². The van der Waals surface area contributed by atoms with Crippen LogP contribution in [0.3, 0.4) is 0 Å². The minimum absolute atomic E-state index is 0.0105. The Morgan fingerprint density at radius 3 is 2.60 bits per heavy atom. The Morgan fingerprint density at radius 2 is 2.05 bits per heavy atom. The fourth-order valence-corrected chi connectivity index (χ4v) is 4.34. The third-order valence-corrected chi connectivity index (χ3v) is 5.37. The second-order valence-corrected chi connectivity index (χ2v) is 8.18. The molecule has 0 aromatic heterocycles. The Labute approximate surface area is 125 Å². The van der Waals surface area contributed by atoms with Gasteiger partial charge in [0.1, 0.15) is 0 Å². The lowest BCUT2D eigenvalue weighted by atomic mass is 9.84. The van der Waals surface area contributed by atoms with Crippen molar-refractivity contribution in [2.24, 2.45) is 11.3 Å². The molecule has 2 unspecified atom stereocenters. The lowest BCUT2D eigenvalue weighted by Gasteiger charge is -2.37. The largest absolute Gasteiger partial charge is 0.394 e. The van der Waals surface area contributed by atoms with Crippen LogP contribution in [0.25, 0.3) is 0 Å². The van der Waals surface area contributed by atoms with Crippen molar-refractivity contribution in [3.8, 4) is 0 Å². The van der Waals surface area contributed by atoms with Crippen LogP contribution in [-0.4, -0.2) is 47.8 Å². The highest BCUT2D eigenvalue weighted by Gasteiger charge is 2.42. The molecule has 0 bridgehead atoms. The second-order valence-electron chi connectivity index (χ2n) is 8.18. The lowest BCUT2D eigenvalue weighted by Crippen LogP contribution is -2.54. The molecule has 2 fully saturated rings. The van der Waals surface area contributed by atoms with E-state index in [1.165, 1.54) is 45.3 Å². The molecule has 2 aliphatic rings. The Hall–Kier alpha value is -0.120. The highest BCUT2D eigenvalue weighted by atomic mass is 16.3. The monoisotopic (exact) mass is 282 g/mol. The summed E-state index contributed by atoms with van der Waals surface area (Å²) in [7, 11) is 0. The normalized spacial score (nSPS) is 34.2. The summed E-state index contributed by atoms with van der Waals surface area (Å²) in [6, 6.07) is 0.452. The van der Waals surface area contributed by atoms with E-state index in [9.17, 15) is 5.11 Å². The summed E-state index contributed by atoms with van der Waals surface area (Å²) in [5.41, 5.74) is 0.489. The van der Waals surface area contributed by atoms with E-state index in [1.54, 1.807) is 0 Å². The summed E-state index contributed by atoms with van der Waals surface area (Å²) in [5, 5.41) is 13.6. The maximum Gasteiger partial charge on any atom is 0.0616 e. The zero-order valence-corrected chi connectivity index (χ0v) is 13.9. The van der Waals surface area contributed by atoms with Crippen LogP contribution in [0.15, 0.2) is 0 Å². The number of likely N-dealkylation sites (tertiary alicyclic amines) is 1. The van der Waals surface area contributed by atoms with E-state index in [4.69, 9.17) is 0 Å². The molecule has 1 saturated heterocycles. The Morgan fingerprint density at radius 1 is 1.30 bits per heavy atom. The van der Waals surface area contributed by atoms with Crippen molar-refractivity contribution in [3.63, 3.8) is 0 Å². The minimum Gasteiger partial charge on any atom is -0.394 e. The van der Waals surface area contributed by atoms with Crippen LogP contribution in [0, 0.1) is 11.3 Å². The third-order valence-electron chi connectivity index (χ3n) is 5.37. The molecule has 20 heavy (non-hydrogen) atoms. The number of nitrogens with one attached hydrogen (secondary N) is 1. The molecule has 118 valence electrons.